The number of esters is 1. The van der Waals surface area contributed by atoms with Gasteiger partial charge in [-0.05, 0) is 11.1 Å². The molecule has 5 nitrogen and oxygen atoms in total. The number of carbonyl (C=O) groups excluding carboxylic acids is 2. The van der Waals surface area contributed by atoms with Crippen LogP contribution in [0.5, 0.6) is 0 Å². The van der Waals surface area contributed by atoms with E-state index in [1.165, 1.54) is 7.11 Å². The van der Waals surface area contributed by atoms with Gasteiger partial charge in [-0.1, -0.05) is 60.7 Å². The highest BCUT2D eigenvalue weighted by Crippen LogP contribution is 2.25. The Hall–Kier alpha value is -2.66. The van der Waals surface area contributed by atoms with Crippen LogP contribution in [-0.2, 0) is 19.1 Å². The summed E-state index contributed by atoms with van der Waals surface area (Å²) in [5.74, 6) is -0.867. The van der Waals surface area contributed by atoms with Crippen molar-refractivity contribution < 1.29 is 19.1 Å². The van der Waals surface area contributed by atoms with Gasteiger partial charge in [-0.15, -0.1) is 0 Å². The zero-order chi connectivity index (χ0) is 16.5. The molecule has 23 heavy (non-hydrogen) atoms. The summed E-state index contributed by atoms with van der Waals surface area (Å²) in [5, 5.41) is 2.45. The second-order valence-electron chi connectivity index (χ2n) is 4.87. The molecular formula is C18H19NO4. The van der Waals surface area contributed by atoms with Crippen LogP contribution in [0, 0.1) is 0 Å². The molecule has 0 aromatic heterocycles. The van der Waals surface area contributed by atoms with Crippen LogP contribution in [0.1, 0.15) is 17.2 Å². The summed E-state index contributed by atoms with van der Waals surface area (Å²) >= 11 is 0. The topological polar surface area (TPSA) is 64.6 Å². The van der Waals surface area contributed by atoms with Crippen LogP contribution in [0.15, 0.2) is 60.7 Å². The minimum Gasteiger partial charge on any atom is -0.468 e. The Balaban J connectivity index is 2.02. The highest BCUT2D eigenvalue weighted by atomic mass is 16.5. The lowest BCUT2D eigenvalue weighted by Crippen LogP contribution is -2.33. The van der Waals surface area contributed by atoms with Crippen molar-refractivity contribution in [2.45, 2.75) is 6.10 Å². The smallest absolute Gasteiger partial charge is 0.325 e. The lowest BCUT2D eigenvalue weighted by molar-refractivity contribution is -0.141. The van der Waals surface area contributed by atoms with E-state index in [2.05, 4.69) is 10.1 Å². The van der Waals surface area contributed by atoms with Gasteiger partial charge < -0.3 is 14.8 Å². The number of rotatable bonds is 7. The van der Waals surface area contributed by atoms with Gasteiger partial charge in [0.15, 0.2) is 0 Å². The van der Waals surface area contributed by atoms with Crippen molar-refractivity contribution in [3.05, 3.63) is 71.8 Å². The second kappa shape index (κ2) is 8.70. The van der Waals surface area contributed by atoms with Gasteiger partial charge in [-0.25, -0.2) is 0 Å². The average molecular weight is 313 g/mol. The number of methoxy groups -OCH3 is 1. The molecule has 1 N–H and O–H groups in total. The summed E-state index contributed by atoms with van der Waals surface area (Å²) in [6, 6.07) is 19.3. The van der Waals surface area contributed by atoms with Crippen molar-refractivity contribution in [3.8, 4) is 0 Å². The van der Waals surface area contributed by atoms with Crippen LogP contribution in [0.2, 0.25) is 0 Å². The van der Waals surface area contributed by atoms with Crippen LogP contribution in [-0.4, -0.2) is 32.1 Å². The zero-order valence-electron chi connectivity index (χ0n) is 12.9. The predicted molar refractivity (Wildman–Crippen MR) is 85.7 cm³/mol. The molecule has 2 aromatic carbocycles. The first-order valence-electron chi connectivity index (χ1n) is 7.25. The quantitative estimate of drug-likeness (QED) is 0.795. The van der Waals surface area contributed by atoms with Gasteiger partial charge in [0.25, 0.3) is 0 Å². The largest absolute Gasteiger partial charge is 0.468 e. The molecule has 2 aromatic rings. The monoisotopic (exact) mass is 313 g/mol. The van der Waals surface area contributed by atoms with Gasteiger partial charge in [0.1, 0.15) is 19.3 Å². The van der Waals surface area contributed by atoms with E-state index in [1.54, 1.807) is 0 Å². The van der Waals surface area contributed by atoms with Gasteiger partial charge in [-0.3, -0.25) is 9.59 Å². The first kappa shape index (κ1) is 16.7. The molecule has 2 rings (SSSR count). The first-order valence-corrected chi connectivity index (χ1v) is 7.25. The Kier molecular flexibility index (Phi) is 6.32. The number of benzene rings is 2. The summed E-state index contributed by atoms with van der Waals surface area (Å²) < 4.78 is 10.2. The maximum absolute atomic E-state index is 11.8. The maximum atomic E-state index is 11.8. The third-order valence-corrected chi connectivity index (χ3v) is 3.24. The van der Waals surface area contributed by atoms with Crippen molar-refractivity contribution >= 4 is 11.9 Å². The predicted octanol–water partition coefficient (Wildman–Crippen LogP) is 2.08. The average Bonchev–Trinajstić information content (AvgIpc) is 2.61. The van der Waals surface area contributed by atoms with Crippen LogP contribution < -0.4 is 5.32 Å². The van der Waals surface area contributed by atoms with Crippen molar-refractivity contribution in [2.75, 3.05) is 20.3 Å². The van der Waals surface area contributed by atoms with Gasteiger partial charge in [0, 0.05) is 0 Å². The highest BCUT2D eigenvalue weighted by Gasteiger charge is 2.16. The van der Waals surface area contributed by atoms with Crippen LogP contribution in [0.3, 0.4) is 0 Å². The molecule has 0 aliphatic heterocycles. The molecule has 0 bridgehead atoms. The van der Waals surface area contributed by atoms with Gasteiger partial charge in [0.05, 0.1) is 7.11 Å². The molecule has 1 amide bonds. The number of hydrogen-bond donors (Lipinski definition) is 1. The number of hydrogen-bond acceptors (Lipinski definition) is 4. The minimum absolute atomic E-state index is 0.147. The molecule has 0 spiro atoms. The Morgan fingerprint density at radius 3 is 1.96 bits per heavy atom. The van der Waals surface area contributed by atoms with E-state index >= 15 is 0 Å². The summed E-state index contributed by atoms with van der Waals surface area (Å²) in [7, 11) is 1.27. The molecule has 0 aliphatic rings. The van der Waals surface area contributed by atoms with E-state index in [0.29, 0.717) is 0 Å². The van der Waals surface area contributed by atoms with Gasteiger partial charge >= 0.3 is 5.97 Å². The number of amides is 1. The molecule has 0 unspecified atom stereocenters. The zero-order valence-corrected chi connectivity index (χ0v) is 12.9. The van der Waals surface area contributed by atoms with Gasteiger partial charge in [-0.2, -0.15) is 0 Å². The van der Waals surface area contributed by atoms with Crippen LogP contribution >= 0.6 is 0 Å². The Bertz CT molecular complexity index is 588. The summed E-state index contributed by atoms with van der Waals surface area (Å²) in [6.45, 7) is -0.314. The maximum Gasteiger partial charge on any atom is 0.325 e. The first-order chi connectivity index (χ1) is 11.2. The highest BCUT2D eigenvalue weighted by molar-refractivity contribution is 5.82. The van der Waals surface area contributed by atoms with Gasteiger partial charge in [0.2, 0.25) is 5.91 Å². The molecule has 0 saturated heterocycles. The fourth-order valence-corrected chi connectivity index (χ4v) is 2.09. The van der Waals surface area contributed by atoms with E-state index in [-0.39, 0.29) is 25.2 Å². The minimum atomic E-state index is -0.499. The Morgan fingerprint density at radius 1 is 0.957 bits per heavy atom. The fraction of sp³-hybridized carbons (Fsp3) is 0.222. The van der Waals surface area contributed by atoms with Crippen molar-refractivity contribution in [1.82, 2.24) is 5.32 Å². The van der Waals surface area contributed by atoms with E-state index in [0.717, 1.165) is 11.1 Å². The third kappa shape index (κ3) is 5.23. The number of ether oxygens (including phenoxy) is 2. The van der Waals surface area contributed by atoms with Crippen molar-refractivity contribution in [1.29, 1.82) is 0 Å². The lowest BCUT2D eigenvalue weighted by atomic mass is 10.0. The molecular weight excluding hydrogens is 294 g/mol. The van der Waals surface area contributed by atoms with E-state index in [9.17, 15) is 9.59 Å². The standard InChI is InChI=1S/C18H19NO4/c1-22-17(21)12-19-16(20)13-23-18(14-8-4-2-5-9-14)15-10-6-3-7-11-15/h2-11,18H,12-13H2,1H3,(H,19,20). The normalized spacial score (nSPS) is 10.3. The van der Waals surface area contributed by atoms with E-state index < -0.39 is 5.97 Å². The molecule has 0 atom stereocenters. The molecule has 0 fully saturated rings. The molecule has 120 valence electrons. The Labute approximate surface area is 135 Å². The SMILES string of the molecule is COC(=O)CNC(=O)COC(c1ccccc1)c1ccccc1. The molecule has 0 aliphatic carbocycles. The van der Waals surface area contributed by atoms with Crippen LogP contribution in [0.25, 0.3) is 0 Å². The fourth-order valence-electron chi connectivity index (χ4n) is 2.09. The Morgan fingerprint density at radius 2 is 1.48 bits per heavy atom. The number of carbonyl (C=O) groups is 2. The van der Waals surface area contributed by atoms with Crippen LogP contribution in [0.4, 0.5) is 0 Å². The molecule has 0 saturated carbocycles. The second-order valence-corrected chi connectivity index (χ2v) is 4.87. The molecule has 0 radical (unpaired) electrons. The lowest BCUT2D eigenvalue weighted by Gasteiger charge is -2.18. The third-order valence-electron chi connectivity index (χ3n) is 3.24. The molecule has 0 heterocycles. The summed E-state index contributed by atoms with van der Waals surface area (Å²) in [5.41, 5.74) is 1.92. The summed E-state index contributed by atoms with van der Waals surface area (Å²) in [6.07, 6.45) is -0.346. The molecule has 5 heteroatoms. The van der Waals surface area contributed by atoms with Crippen molar-refractivity contribution in [3.63, 3.8) is 0 Å². The van der Waals surface area contributed by atoms with E-state index in [4.69, 9.17) is 4.74 Å². The van der Waals surface area contributed by atoms with Crippen molar-refractivity contribution in [2.24, 2.45) is 0 Å². The number of nitrogens with one attached hydrogen (secondary N) is 1. The summed E-state index contributed by atoms with van der Waals surface area (Å²) in [4.78, 5) is 22.8. The van der Waals surface area contributed by atoms with E-state index in [1.807, 2.05) is 60.7 Å².